The highest BCUT2D eigenvalue weighted by atomic mass is 32.1. The monoisotopic (exact) mass is 668 g/mol. The molecule has 8 aromatic rings. The lowest BCUT2D eigenvalue weighted by Gasteiger charge is -2.02. The summed E-state index contributed by atoms with van der Waals surface area (Å²) in [5.74, 6) is 0. The first-order valence-corrected chi connectivity index (χ1v) is 17.8. The molecule has 6 nitrogen and oxygen atoms in total. The highest BCUT2D eigenvalue weighted by Crippen LogP contribution is 2.49. The molecule has 0 radical (unpaired) electrons. The van der Waals surface area contributed by atoms with Crippen molar-refractivity contribution >= 4 is 45.3 Å². The molecular weight excluding hydrogens is 645 g/mol. The van der Waals surface area contributed by atoms with Gasteiger partial charge in [-0.25, -0.2) is 19.9 Å². The van der Waals surface area contributed by atoms with E-state index < -0.39 is 0 Å². The van der Waals surface area contributed by atoms with Gasteiger partial charge in [-0.15, -0.1) is 45.3 Å². The topological polar surface area (TPSA) is 77.3 Å². The fraction of sp³-hybridized carbons (Fsp3) is 0.0556. The predicted octanol–water partition coefficient (Wildman–Crippen LogP) is 10.6. The summed E-state index contributed by atoms with van der Waals surface area (Å²) >= 11 is 6.59. The molecule has 2 aromatic carbocycles. The van der Waals surface area contributed by atoms with Crippen molar-refractivity contribution in [2.75, 3.05) is 0 Å². The van der Waals surface area contributed by atoms with E-state index in [9.17, 15) is 0 Å². The quantitative estimate of drug-likeness (QED) is 0.168. The van der Waals surface area contributed by atoms with E-state index in [1.165, 1.54) is 0 Å². The Kier molecular flexibility index (Phi) is 7.63. The van der Waals surface area contributed by atoms with Crippen LogP contribution in [0.3, 0.4) is 0 Å². The number of pyridine rings is 2. The lowest BCUT2D eigenvalue weighted by Crippen LogP contribution is -1.89. The molecule has 6 heterocycles. The molecule has 0 N–H and O–H groups in total. The Hall–Kier alpha value is -4.74. The van der Waals surface area contributed by atoms with Crippen molar-refractivity contribution in [3.05, 3.63) is 119 Å². The standard InChI is InChI=1S/C36H24N6S4/c1-21-27(39-35(43-21)25-17-9-11-19-37-25)31-29(41-33(45-31)23-13-5-3-6-14-23)30-32(46-34(42-30)24-15-7-4-8-16-24)28-22(2)44-36(40-28)26-18-10-12-20-38-26/h3-20H,1-2H3. The second-order valence-corrected chi connectivity index (χ2v) is 14.8. The van der Waals surface area contributed by atoms with E-state index in [1.807, 2.05) is 72.8 Å². The number of aromatic nitrogens is 6. The number of hydrogen-bond donors (Lipinski definition) is 0. The zero-order chi connectivity index (χ0) is 31.0. The normalized spacial score (nSPS) is 11.3. The summed E-state index contributed by atoms with van der Waals surface area (Å²) in [4.78, 5) is 34.3. The summed E-state index contributed by atoms with van der Waals surface area (Å²) in [5.41, 5.74) is 7.26. The zero-order valence-electron chi connectivity index (χ0n) is 24.7. The van der Waals surface area contributed by atoms with Crippen molar-refractivity contribution in [2.45, 2.75) is 13.8 Å². The zero-order valence-corrected chi connectivity index (χ0v) is 28.0. The molecule has 0 bridgehead atoms. The van der Waals surface area contributed by atoms with Crippen LogP contribution in [0.4, 0.5) is 0 Å². The van der Waals surface area contributed by atoms with Crippen LogP contribution in [0.25, 0.3) is 75.1 Å². The fourth-order valence-corrected chi connectivity index (χ4v) is 9.26. The van der Waals surface area contributed by atoms with Crippen LogP contribution in [0, 0.1) is 13.8 Å². The first-order chi connectivity index (χ1) is 22.6. The van der Waals surface area contributed by atoms with Crippen LogP contribution in [0.2, 0.25) is 0 Å². The Morgan fingerprint density at radius 1 is 0.391 bits per heavy atom. The van der Waals surface area contributed by atoms with Crippen molar-refractivity contribution in [3.63, 3.8) is 0 Å². The number of benzene rings is 2. The summed E-state index contributed by atoms with van der Waals surface area (Å²) < 4.78 is 0. The lowest BCUT2D eigenvalue weighted by atomic mass is 10.1. The minimum Gasteiger partial charge on any atom is -0.254 e. The number of thiazole rings is 4. The van der Waals surface area contributed by atoms with Crippen molar-refractivity contribution in [2.24, 2.45) is 0 Å². The van der Waals surface area contributed by atoms with Crippen molar-refractivity contribution in [1.82, 2.24) is 29.9 Å². The SMILES string of the molecule is Cc1sc(-c2ccccn2)nc1-c1sc(-c2ccccc2)nc1-c1nc(-c2ccccc2)sc1-c1nc(-c2ccccn2)sc1C. The van der Waals surface area contributed by atoms with Crippen LogP contribution in [-0.4, -0.2) is 29.9 Å². The van der Waals surface area contributed by atoms with Gasteiger partial charge in [0.15, 0.2) is 0 Å². The molecule has 0 atom stereocenters. The summed E-state index contributed by atoms with van der Waals surface area (Å²) in [6.45, 7) is 4.23. The third-order valence-corrected chi connectivity index (χ3v) is 11.5. The van der Waals surface area contributed by atoms with Gasteiger partial charge in [0.1, 0.15) is 31.4 Å². The molecule has 0 fully saturated rings. The molecule has 0 amide bonds. The third kappa shape index (κ3) is 5.39. The Labute approximate surface area is 281 Å². The summed E-state index contributed by atoms with van der Waals surface area (Å²) in [5, 5.41) is 3.60. The van der Waals surface area contributed by atoms with Crippen molar-refractivity contribution in [3.8, 4) is 75.1 Å². The van der Waals surface area contributed by atoms with Crippen LogP contribution in [0.15, 0.2) is 109 Å². The second kappa shape index (κ2) is 12.2. The first kappa shape index (κ1) is 28.7. The second-order valence-electron chi connectivity index (χ2n) is 10.4. The van der Waals surface area contributed by atoms with Crippen LogP contribution in [0.5, 0.6) is 0 Å². The van der Waals surface area contributed by atoms with E-state index in [2.05, 4.69) is 48.1 Å². The number of rotatable bonds is 7. The Bertz CT molecular complexity index is 2110. The van der Waals surface area contributed by atoms with Gasteiger partial charge < -0.3 is 0 Å². The molecule has 0 unspecified atom stereocenters. The van der Waals surface area contributed by atoms with Gasteiger partial charge in [-0.05, 0) is 38.1 Å². The van der Waals surface area contributed by atoms with Crippen LogP contribution >= 0.6 is 45.3 Å². The molecule has 46 heavy (non-hydrogen) atoms. The highest BCUT2D eigenvalue weighted by Gasteiger charge is 2.28. The largest absolute Gasteiger partial charge is 0.254 e. The predicted molar refractivity (Wildman–Crippen MR) is 192 cm³/mol. The van der Waals surface area contributed by atoms with E-state index in [0.717, 1.165) is 84.8 Å². The smallest absolute Gasteiger partial charge is 0.142 e. The fourth-order valence-electron chi connectivity index (χ4n) is 5.10. The molecule has 222 valence electrons. The maximum Gasteiger partial charge on any atom is 0.142 e. The highest BCUT2D eigenvalue weighted by molar-refractivity contribution is 7.21. The van der Waals surface area contributed by atoms with Gasteiger partial charge in [0.25, 0.3) is 0 Å². The average Bonchev–Trinajstić information content (AvgIpc) is 3.91. The maximum absolute atomic E-state index is 5.31. The van der Waals surface area contributed by atoms with Crippen LogP contribution in [-0.2, 0) is 0 Å². The molecule has 0 spiro atoms. The molecule has 0 saturated carbocycles. The minimum absolute atomic E-state index is 0.810. The van der Waals surface area contributed by atoms with E-state index in [0.29, 0.717) is 0 Å². The van der Waals surface area contributed by atoms with E-state index in [4.69, 9.17) is 19.9 Å². The van der Waals surface area contributed by atoms with E-state index in [1.54, 1.807) is 57.7 Å². The first-order valence-electron chi connectivity index (χ1n) is 14.5. The molecule has 0 aliphatic heterocycles. The van der Waals surface area contributed by atoms with Gasteiger partial charge in [0.2, 0.25) is 0 Å². The van der Waals surface area contributed by atoms with Gasteiger partial charge in [-0.1, -0.05) is 72.8 Å². The average molecular weight is 669 g/mol. The van der Waals surface area contributed by atoms with Gasteiger partial charge in [-0.2, -0.15) is 0 Å². The van der Waals surface area contributed by atoms with Gasteiger partial charge in [0, 0.05) is 33.3 Å². The van der Waals surface area contributed by atoms with E-state index >= 15 is 0 Å². The number of aryl methyl sites for hydroxylation is 2. The summed E-state index contributed by atoms with van der Waals surface area (Å²) in [6, 6.07) is 32.5. The minimum atomic E-state index is 0.810. The lowest BCUT2D eigenvalue weighted by molar-refractivity contribution is 1.28. The molecule has 0 saturated heterocycles. The molecular formula is C36H24N6S4. The van der Waals surface area contributed by atoms with Crippen LogP contribution < -0.4 is 0 Å². The van der Waals surface area contributed by atoms with Crippen molar-refractivity contribution in [1.29, 1.82) is 0 Å². The summed E-state index contributed by atoms with van der Waals surface area (Å²) in [6.07, 6.45) is 3.61. The van der Waals surface area contributed by atoms with Crippen LogP contribution in [0.1, 0.15) is 9.75 Å². The van der Waals surface area contributed by atoms with Gasteiger partial charge in [-0.3, -0.25) is 9.97 Å². The molecule has 6 aromatic heterocycles. The van der Waals surface area contributed by atoms with E-state index in [-0.39, 0.29) is 0 Å². The Balaban J connectivity index is 1.36. The van der Waals surface area contributed by atoms with Gasteiger partial charge in [0.05, 0.1) is 32.5 Å². The third-order valence-electron chi connectivity index (χ3n) is 7.31. The summed E-state index contributed by atoms with van der Waals surface area (Å²) in [7, 11) is 0. The molecule has 8 rings (SSSR count). The number of hydrogen-bond acceptors (Lipinski definition) is 10. The Morgan fingerprint density at radius 2 is 0.783 bits per heavy atom. The van der Waals surface area contributed by atoms with Gasteiger partial charge >= 0.3 is 0 Å². The Morgan fingerprint density at radius 3 is 1.17 bits per heavy atom. The molecule has 10 heteroatoms. The van der Waals surface area contributed by atoms with Crippen molar-refractivity contribution < 1.29 is 0 Å². The molecule has 0 aliphatic carbocycles. The maximum atomic E-state index is 5.31. The number of nitrogens with zero attached hydrogens (tertiary/aromatic N) is 6. The molecule has 0 aliphatic rings.